The summed E-state index contributed by atoms with van der Waals surface area (Å²) in [6, 6.07) is 8.19. The molecule has 0 unspecified atom stereocenters. The van der Waals surface area contributed by atoms with Crippen LogP contribution >= 0.6 is 0 Å². The zero-order valence-electron chi connectivity index (χ0n) is 9.67. The summed E-state index contributed by atoms with van der Waals surface area (Å²) in [5.41, 5.74) is 2.28. The van der Waals surface area contributed by atoms with Gasteiger partial charge in [-0.15, -0.1) is 0 Å². The third kappa shape index (κ3) is 5.58. The van der Waals surface area contributed by atoms with E-state index in [1.807, 2.05) is 12.1 Å². The zero-order valence-corrected chi connectivity index (χ0v) is 9.67. The minimum atomic E-state index is 0.718. The molecule has 0 N–H and O–H groups in total. The Bertz CT molecular complexity index is 268. The molecule has 1 aromatic rings. The first-order valence-corrected chi connectivity index (χ1v) is 5.81. The highest BCUT2D eigenvalue weighted by atomic mass is 16.5. The fourth-order valence-electron chi connectivity index (χ4n) is 1.54. The van der Waals surface area contributed by atoms with Crippen molar-refractivity contribution < 1.29 is 4.74 Å². The second kappa shape index (κ2) is 7.47. The molecule has 0 aliphatic rings. The van der Waals surface area contributed by atoms with Gasteiger partial charge in [0.1, 0.15) is 0 Å². The van der Waals surface area contributed by atoms with Gasteiger partial charge in [-0.2, -0.15) is 0 Å². The van der Waals surface area contributed by atoms with E-state index in [4.69, 9.17) is 4.74 Å². The molecule has 0 bridgehead atoms. The van der Waals surface area contributed by atoms with Gasteiger partial charge in [0.05, 0.1) is 6.61 Å². The van der Waals surface area contributed by atoms with Gasteiger partial charge < -0.3 is 4.74 Å². The van der Waals surface area contributed by atoms with Crippen molar-refractivity contribution >= 4 is 0 Å². The molecule has 1 aromatic carbocycles. The molecule has 0 aliphatic carbocycles. The summed E-state index contributed by atoms with van der Waals surface area (Å²) < 4.78 is 5.59. The lowest BCUT2D eigenvalue weighted by atomic mass is 10.1. The molecule has 0 spiro atoms. The van der Waals surface area contributed by atoms with Crippen molar-refractivity contribution in [2.24, 2.45) is 0 Å². The van der Waals surface area contributed by atoms with Crippen LogP contribution in [0.2, 0.25) is 0 Å². The van der Waals surface area contributed by atoms with Crippen molar-refractivity contribution in [3.63, 3.8) is 0 Å². The standard InChI is InChI=1S/C14H21O/c1-3-4-5-6-10-15-12-14-9-7-8-13(2)11-14/h7-9,11H,2-6,10,12H2,1H3. The van der Waals surface area contributed by atoms with Crippen LogP contribution in [0, 0.1) is 6.92 Å². The Labute approximate surface area is 93.5 Å². The van der Waals surface area contributed by atoms with Crippen LogP contribution in [0.1, 0.15) is 43.7 Å². The van der Waals surface area contributed by atoms with Crippen molar-refractivity contribution in [3.05, 3.63) is 42.3 Å². The van der Waals surface area contributed by atoms with Gasteiger partial charge in [0.25, 0.3) is 0 Å². The predicted molar refractivity (Wildman–Crippen MR) is 64.7 cm³/mol. The molecule has 0 saturated heterocycles. The van der Waals surface area contributed by atoms with E-state index in [9.17, 15) is 0 Å². The first-order valence-electron chi connectivity index (χ1n) is 5.81. The molecule has 0 aliphatic heterocycles. The van der Waals surface area contributed by atoms with Crippen molar-refractivity contribution in [2.75, 3.05) is 6.61 Å². The highest BCUT2D eigenvalue weighted by molar-refractivity contribution is 5.24. The number of rotatable bonds is 7. The fraction of sp³-hybridized carbons (Fsp3) is 0.500. The molecule has 0 saturated carbocycles. The van der Waals surface area contributed by atoms with E-state index in [-0.39, 0.29) is 0 Å². The van der Waals surface area contributed by atoms with Crippen LogP contribution in [-0.2, 0) is 11.3 Å². The van der Waals surface area contributed by atoms with Gasteiger partial charge in [-0.05, 0) is 24.5 Å². The molecule has 0 heterocycles. The minimum absolute atomic E-state index is 0.718. The molecule has 0 fully saturated rings. The topological polar surface area (TPSA) is 9.23 Å². The van der Waals surface area contributed by atoms with E-state index in [1.165, 1.54) is 31.2 Å². The van der Waals surface area contributed by atoms with E-state index in [1.54, 1.807) is 0 Å². The van der Waals surface area contributed by atoms with E-state index < -0.39 is 0 Å². The monoisotopic (exact) mass is 205 g/mol. The number of benzene rings is 1. The van der Waals surface area contributed by atoms with Crippen LogP contribution in [0.25, 0.3) is 0 Å². The maximum Gasteiger partial charge on any atom is 0.0716 e. The summed E-state index contributed by atoms with van der Waals surface area (Å²) in [7, 11) is 0. The summed E-state index contributed by atoms with van der Waals surface area (Å²) in [6.07, 6.45) is 5.06. The van der Waals surface area contributed by atoms with Crippen molar-refractivity contribution in [3.8, 4) is 0 Å². The van der Waals surface area contributed by atoms with Crippen molar-refractivity contribution in [1.29, 1.82) is 0 Å². The molecule has 0 aromatic heterocycles. The molecule has 1 heteroatoms. The van der Waals surface area contributed by atoms with E-state index in [0.29, 0.717) is 0 Å². The van der Waals surface area contributed by atoms with Gasteiger partial charge >= 0.3 is 0 Å². The molecule has 15 heavy (non-hydrogen) atoms. The summed E-state index contributed by atoms with van der Waals surface area (Å²) in [5.74, 6) is 0. The lowest BCUT2D eigenvalue weighted by Crippen LogP contribution is -1.95. The minimum Gasteiger partial charge on any atom is -0.377 e. The van der Waals surface area contributed by atoms with E-state index >= 15 is 0 Å². The molecule has 1 radical (unpaired) electrons. The van der Waals surface area contributed by atoms with Crippen LogP contribution in [0.15, 0.2) is 24.3 Å². The molecular weight excluding hydrogens is 184 g/mol. The summed E-state index contributed by atoms with van der Waals surface area (Å²) in [6.45, 7) is 7.71. The first-order chi connectivity index (χ1) is 7.33. The quantitative estimate of drug-likeness (QED) is 0.612. The fourth-order valence-corrected chi connectivity index (χ4v) is 1.54. The summed E-state index contributed by atoms with van der Waals surface area (Å²) in [5, 5.41) is 0. The predicted octanol–water partition coefficient (Wildman–Crippen LogP) is 3.97. The van der Waals surface area contributed by atoms with E-state index in [2.05, 4.69) is 26.0 Å². The Balaban J connectivity index is 2.10. The van der Waals surface area contributed by atoms with Gasteiger partial charge in [-0.25, -0.2) is 0 Å². The Kier molecular flexibility index (Phi) is 6.10. The van der Waals surface area contributed by atoms with Crippen molar-refractivity contribution in [2.45, 2.75) is 39.2 Å². The third-order valence-corrected chi connectivity index (χ3v) is 2.40. The van der Waals surface area contributed by atoms with Crippen LogP contribution in [0.3, 0.4) is 0 Å². The lowest BCUT2D eigenvalue weighted by Gasteiger charge is -2.04. The average molecular weight is 205 g/mol. The Morgan fingerprint density at radius 3 is 2.80 bits per heavy atom. The molecule has 0 atom stereocenters. The molecule has 0 amide bonds. The summed E-state index contributed by atoms with van der Waals surface area (Å²) in [4.78, 5) is 0. The van der Waals surface area contributed by atoms with E-state index in [0.717, 1.165) is 18.8 Å². The first kappa shape index (κ1) is 12.3. The molecule has 83 valence electrons. The second-order valence-corrected chi connectivity index (χ2v) is 3.93. The van der Waals surface area contributed by atoms with Crippen molar-refractivity contribution in [1.82, 2.24) is 0 Å². The van der Waals surface area contributed by atoms with Gasteiger partial charge in [-0.3, -0.25) is 0 Å². The van der Waals surface area contributed by atoms with Crippen LogP contribution in [0.5, 0.6) is 0 Å². The van der Waals surface area contributed by atoms with Crippen LogP contribution in [-0.4, -0.2) is 6.61 Å². The lowest BCUT2D eigenvalue weighted by molar-refractivity contribution is 0.117. The van der Waals surface area contributed by atoms with Gasteiger partial charge in [0.2, 0.25) is 0 Å². The Morgan fingerprint density at radius 1 is 1.20 bits per heavy atom. The Morgan fingerprint density at radius 2 is 2.07 bits per heavy atom. The van der Waals surface area contributed by atoms with Crippen LogP contribution < -0.4 is 0 Å². The molecule has 1 rings (SSSR count). The highest BCUT2D eigenvalue weighted by Crippen LogP contribution is 2.06. The normalized spacial score (nSPS) is 10.5. The SMILES string of the molecule is [CH2]c1cccc(COCCCCCC)c1. The van der Waals surface area contributed by atoms with Gasteiger partial charge in [0.15, 0.2) is 0 Å². The van der Waals surface area contributed by atoms with Gasteiger partial charge in [0, 0.05) is 6.61 Å². The molecular formula is C14H21O. The third-order valence-electron chi connectivity index (χ3n) is 2.40. The summed E-state index contributed by atoms with van der Waals surface area (Å²) >= 11 is 0. The smallest absolute Gasteiger partial charge is 0.0716 e. The van der Waals surface area contributed by atoms with Crippen LogP contribution in [0.4, 0.5) is 0 Å². The average Bonchev–Trinajstić information content (AvgIpc) is 2.23. The zero-order chi connectivity index (χ0) is 10.9. The maximum atomic E-state index is 5.59. The molecule has 1 nitrogen and oxygen atoms in total. The number of ether oxygens (including phenoxy) is 1. The van der Waals surface area contributed by atoms with Gasteiger partial charge in [-0.1, -0.05) is 50.5 Å². The second-order valence-electron chi connectivity index (χ2n) is 3.93. The highest BCUT2D eigenvalue weighted by Gasteiger charge is 1.93. The maximum absolute atomic E-state index is 5.59. The number of unbranched alkanes of at least 4 members (excludes halogenated alkanes) is 3. The Hall–Kier alpha value is -0.820. The number of hydrogen-bond acceptors (Lipinski definition) is 1. The largest absolute Gasteiger partial charge is 0.377 e. The number of hydrogen-bond donors (Lipinski definition) is 0.